The topological polar surface area (TPSA) is 72.8 Å². The highest BCUT2D eigenvalue weighted by Crippen LogP contribution is 2.12. The van der Waals surface area contributed by atoms with Crippen LogP contribution in [0.25, 0.3) is 0 Å². The second-order valence-corrected chi connectivity index (χ2v) is 10.2. The molecule has 0 aromatic heterocycles. The number of unbranched alkanes of at least 4 members (excludes halogenated alkanes) is 15. The SMILES string of the molecule is CCCC/C=C\C/C=C\CCCCCCCC(=O)O[C@@H](CO)COC(=O)CCCCCCCCCCC. The molecule has 0 fully saturated rings. The number of carbonyl (C=O) groups excluding carboxylic acids is 2. The van der Waals surface area contributed by atoms with Crippen LogP contribution in [0, 0.1) is 0 Å². The van der Waals surface area contributed by atoms with Gasteiger partial charge >= 0.3 is 11.9 Å². The number of ether oxygens (including phenoxy) is 2. The highest BCUT2D eigenvalue weighted by molar-refractivity contribution is 5.70. The van der Waals surface area contributed by atoms with E-state index in [1.165, 1.54) is 70.6 Å². The predicted molar refractivity (Wildman–Crippen MR) is 155 cm³/mol. The maximum atomic E-state index is 12.0. The second kappa shape index (κ2) is 28.9. The van der Waals surface area contributed by atoms with E-state index in [-0.39, 0.29) is 25.2 Å². The Hall–Kier alpha value is -1.62. The molecule has 0 radical (unpaired) electrons. The maximum absolute atomic E-state index is 12.0. The summed E-state index contributed by atoms with van der Waals surface area (Å²) in [5.74, 6) is -0.611. The van der Waals surface area contributed by atoms with Gasteiger partial charge in [-0.1, -0.05) is 122 Å². The summed E-state index contributed by atoms with van der Waals surface area (Å²) < 4.78 is 10.5. The Morgan fingerprint density at radius 2 is 1.11 bits per heavy atom. The van der Waals surface area contributed by atoms with Crippen molar-refractivity contribution >= 4 is 11.9 Å². The summed E-state index contributed by atoms with van der Waals surface area (Å²) in [6, 6.07) is 0. The van der Waals surface area contributed by atoms with Crippen LogP contribution in [-0.4, -0.2) is 36.4 Å². The number of hydrogen-bond donors (Lipinski definition) is 1. The molecule has 0 heterocycles. The van der Waals surface area contributed by atoms with Gasteiger partial charge in [0.05, 0.1) is 6.61 Å². The summed E-state index contributed by atoms with van der Waals surface area (Å²) in [7, 11) is 0. The van der Waals surface area contributed by atoms with Crippen LogP contribution in [0.4, 0.5) is 0 Å². The van der Waals surface area contributed by atoms with Gasteiger partial charge in [-0.15, -0.1) is 0 Å². The Labute approximate surface area is 228 Å². The van der Waals surface area contributed by atoms with E-state index in [0.29, 0.717) is 12.8 Å². The van der Waals surface area contributed by atoms with Crippen molar-refractivity contribution < 1.29 is 24.2 Å². The molecule has 1 atom stereocenters. The van der Waals surface area contributed by atoms with Crippen LogP contribution >= 0.6 is 0 Å². The van der Waals surface area contributed by atoms with E-state index in [1.807, 2.05) is 0 Å². The minimum Gasteiger partial charge on any atom is -0.462 e. The van der Waals surface area contributed by atoms with Gasteiger partial charge in [-0.05, 0) is 38.5 Å². The first kappa shape index (κ1) is 35.4. The zero-order chi connectivity index (χ0) is 27.2. The van der Waals surface area contributed by atoms with Gasteiger partial charge < -0.3 is 14.6 Å². The first-order chi connectivity index (χ1) is 18.1. The number of rotatable bonds is 27. The largest absolute Gasteiger partial charge is 0.462 e. The van der Waals surface area contributed by atoms with Crippen molar-refractivity contribution in [3.63, 3.8) is 0 Å². The molecular weight excluding hydrogens is 464 g/mol. The summed E-state index contributed by atoms with van der Waals surface area (Å²) in [5.41, 5.74) is 0. The quantitative estimate of drug-likeness (QED) is 0.0663. The summed E-state index contributed by atoms with van der Waals surface area (Å²) >= 11 is 0. The Kier molecular flexibility index (Phi) is 27.7. The summed E-state index contributed by atoms with van der Waals surface area (Å²) in [5, 5.41) is 9.46. The van der Waals surface area contributed by atoms with Crippen LogP contribution in [0.5, 0.6) is 0 Å². The summed E-state index contributed by atoms with van der Waals surface area (Å²) in [4.78, 5) is 24.0. The lowest BCUT2D eigenvalue weighted by Gasteiger charge is -2.15. The molecule has 0 aliphatic carbocycles. The van der Waals surface area contributed by atoms with E-state index < -0.39 is 6.10 Å². The van der Waals surface area contributed by atoms with Crippen molar-refractivity contribution in [2.45, 2.75) is 155 Å². The lowest BCUT2D eigenvalue weighted by atomic mass is 10.1. The van der Waals surface area contributed by atoms with Gasteiger partial charge in [0.2, 0.25) is 0 Å². The van der Waals surface area contributed by atoms with E-state index in [0.717, 1.165) is 51.4 Å². The molecule has 1 N–H and O–H groups in total. The van der Waals surface area contributed by atoms with Gasteiger partial charge in [-0.25, -0.2) is 0 Å². The Morgan fingerprint density at radius 1 is 0.622 bits per heavy atom. The number of aliphatic hydroxyl groups is 1. The van der Waals surface area contributed by atoms with Crippen LogP contribution in [-0.2, 0) is 19.1 Å². The monoisotopic (exact) mass is 522 g/mol. The van der Waals surface area contributed by atoms with Crippen LogP contribution < -0.4 is 0 Å². The molecule has 216 valence electrons. The molecule has 5 nitrogen and oxygen atoms in total. The van der Waals surface area contributed by atoms with Crippen molar-refractivity contribution in [2.75, 3.05) is 13.2 Å². The fraction of sp³-hybridized carbons (Fsp3) is 0.812. The Morgan fingerprint density at radius 3 is 1.68 bits per heavy atom. The van der Waals surface area contributed by atoms with E-state index in [2.05, 4.69) is 38.2 Å². The smallest absolute Gasteiger partial charge is 0.306 e. The zero-order valence-electron chi connectivity index (χ0n) is 24.2. The predicted octanol–water partition coefficient (Wildman–Crippen LogP) is 8.78. The molecule has 0 aliphatic heterocycles. The normalized spacial score (nSPS) is 12.4. The molecule has 0 saturated carbocycles. The molecule has 0 bridgehead atoms. The van der Waals surface area contributed by atoms with Crippen molar-refractivity contribution in [1.29, 1.82) is 0 Å². The number of carbonyl (C=O) groups is 2. The number of esters is 2. The van der Waals surface area contributed by atoms with Gasteiger partial charge in [0.1, 0.15) is 6.61 Å². The second-order valence-electron chi connectivity index (χ2n) is 10.2. The molecule has 0 rings (SSSR count). The van der Waals surface area contributed by atoms with Gasteiger partial charge in [0, 0.05) is 12.8 Å². The molecule has 0 aliphatic rings. The first-order valence-corrected chi connectivity index (χ1v) is 15.4. The van der Waals surface area contributed by atoms with Gasteiger partial charge in [-0.3, -0.25) is 9.59 Å². The van der Waals surface area contributed by atoms with Crippen molar-refractivity contribution in [1.82, 2.24) is 0 Å². The number of aliphatic hydroxyl groups excluding tert-OH is 1. The molecule has 0 spiro atoms. The highest BCUT2D eigenvalue weighted by Gasteiger charge is 2.16. The van der Waals surface area contributed by atoms with Gasteiger partial charge in [0.15, 0.2) is 6.10 Å². The number of hydrogen-bond acceptors (Lipinski definition) is 5. The average Bonchev–Trinajstić information content (AvgIpc) is 2.90. The molecule has 0 aromatic carbocycles. The molecule has 5 heteroatoms. The Bertz CT molecular complexity index is 570. The molecule has 0 unspecified atom stereocenters. The standard InChI is InChI=1S/C32H58O5/c1-3-5-7-9-11-13-14-15-16-17-19-21-23-25-27-32(35)37-30(28-33)29-36-31(34)26-24-22-20-18-12-10-8-6-4-2/h9,11,14-15,30,33H,3-8,10,12-13,16-29H2,1-2H3/b11-9-,15-14-/t30-/m0/s1. The zero-order valence-corrected chi connectivity index (χ0v) is 24.2. The third-order valence-electron chi connectivity index (χ3n) is 6.50. The van der Waals surface area contributed by atoms with E-state index in [1.54, 1.807) is 0 Å². The van der Waals surface area contributed by atoms with Crippen molar-refractivity contribution in [3.05, 3.63) is 24.3 Å². The fourth-order valence-corrected chi connectivity index (χ4v) is 4.10. The summed E-state index contributed by atoms with van der Waals surface area (Å²) in [6.07, 6.45) is 30.8. The molecular formula is C32H58O5. The van der Waals surface area contributed by atoms with Gasteiger partial charge in [-0.2, -0.15) is 0 Å². The summed E-state index contributed by atoms with van der Waals surface area (Å²) in [6.45, 7) is 4.04. The lowest BCUT2D eigenvalue weighted by Crippen LogP contribution is -2.28. The minimum absolute atomic E-state index is 0.0689. The van der Waals surface area contributed by atoms with Crippen LogP contribution in [0.3, 0.4) is 0 Å². The van der Waals surface area contributed by atoms with Gasteiger partial charge in [0.25, 0.3) is 0 Å². The van der Waals surface area contributed by atoms with E-state index in [4.69, 9.17) is 9.47 Å². The first-order valence-electron chi connectivity index (χ1n) is 15.4. The highest BCUT2D eigenvalue weighted by atomic mass is 16.6. The minimum atomic E-state index is -0.771. The van der Waals surface area contributed by atoms with Crippen molar-refractivity contribution in [2.24, 2.45) is 0 Å². The van der Waals surface area contributed by atoms with E-state index in [9.17, 15) is 14.7 Å². The third-order valence-corrected chi connectivity index (χ3v) is 6.50. The number of allylic oxidation sites excluding steroid dienone is 4. The van der Waals surface area contributed by atoms with Crippen molar-refractivity contribution in [3.8, 4) is 0 Å². The molecule has 0 saturated heterocycles. The Balaban J connectivity index is 3.63. The van der Waals surface area contributed by atoms with Crippen LogP contribution in [0.2, 0.25) is 0 Å². The van der Waals surface area contributed by atoms with Crippen LogP contribution in [0.15, 0.2) is 24.3 Å². The molecule has 37 heavy (non-hydrogen) atoms. The van der Waals surface area contributed by atoms with E-state index >= 15 is 0 Å². The fourth-order valence-electron chi connectivity index (χ4n) is 4.10. The average molecular weight is 523 g/mol. The third kappa shape index (κ3) is 27.2. The lowest BCUT2D eigenvalue weighted by molar-refractivity contribution is -0.161. The molecule has 0 aromatic rings. The van der Waals surface area contributed by atoms with Crippen LogP contribution in [0.1, 0.15) is 149 Å². The molecule has 0 amide bonds. The maximum Gasteiger partial charge on any atom is 0.306 e.